The minimum atomic E-state index is -0.220. The summed E-state index contributed by atoms with van der Waals surface area (Å²) in [5.74, 6) is 0.432. The Morgan fingerprint density at radius 1 is 1.16 bits per heavy atom. The zero-order valence-electron chi connectivity index (χ0n) is 14.2. The van der Waals surface area contributed by atoms with Gasteiger partial charge in [-0.3, -0.25) is 4.79 Å². The smallest absolute Gasteiger partial charge is 0.274 e. The molecule has 4 rings (SSSR count). The van der Waals surface area contributed by atoms with Gasteiger partial charge in [-0.2, -0.15) is 5.10 Å². The third-order valence-electron chi connectivity index (χ3n) is 3.99. The average molecular weight is 342 g/mol. The Hall–Kier alpha value is -2.74. The molecule has 1 fully saturated rings. The van der Waals surface area contributed by atoms with Gasteiger partial charge in [0.05, 0.1) is 30.9 Å². The lowest BCUT2D eigenvalue weighted by Crippen LogP contribution is -2.12. The van der Waals surface area contributed by atoms with Crippen molar-refractivity contribution in [2.45, 2.75) is 25.7 Å². The van der Waals surface area contributed by atoms with Crippen molar-refractivity contribution in [3.8, 4) is 17.3 Å². The monoisotopic (exact) mass is 342 g/mol. The van der Waals surface area contributed by atoms with Crippen molar-refractivity contribution in [3.63, 3.8) is 0 Å². The van der Waals surface area contributed by atoms with E-state index in [-0.39, 0.29) is 5.56 Å². The molecule has 0 aromatic carbocycles. The molecule has 1 saturated heterocycles. The van der Waals surface area contributed by atoms with Crippen LogP contribution in [-0.2, 0) is 0 Å². The SMILES string of the molecule is C1CCCNCC1.COc1cc(-c2cn3nccc3c(=O)[nH]2)ncn1. The maximum Gasteiger partial charge on any atom is 0.274 e. The summed E-state index contributed by atoms with van der Waals surface area (Å²) in [5, 5.41) is 7.38. The molecule has 2 N–H and O–H groups in total. The van der Waals surface area contributed by atoms with Crippen molar-refractivity contribution in [2.24, 2.45) is 0 Å². The van der Waals surface area contributed by atoms with Crippen LogP contribution in [0.2, 0.25) is 0 Å². The Bertz CT molecular complexity index is 853. The zero-order valence-corrected chi connectivity index (χ0v) is 14.2. The summed E-state index contributed by atoms with van der Waals surface area (Å²) in [7, 11) is 1.52. The number of fused-ring (bicyclic) bond motifs is 1. The van der Waals surface area contributed by atoms with Gasteiger partial charge in [0.15, 0.2) is 0 Å². The highest BCUT2D eigenvalue weighted by molar-refractivity contribution is 5.56. The second kappa shape index (κ2) is 8.39. The standard InChI is InChI=1S/C11H9N5O2.C6H13N/c1-18-10-4-7(12-6-13-10)8-5-16-9(2-3-14-16)11(17)15-8;1-2-4-6-7-5-3-1/h2-6H,1H3,(H,15,17);7H,1-6H2. The molecule has 8 nitrogen and oxygen atoms in total. The maximum absolute atomic E-state index is 11.8. The molecule has 3 aromatic rings. The molecule has 1 aliphatic rings. The van der Waals surface area contributed by atoms with E-state index in [1.165, 1.54) is 56.7 Å². The number of hydrogen-bond donors (Lipinski definition) is 2. The largest absolute Gasteiger partial charge is 0.481 e. The Kier molecular flexibility index (Phi) is 5.73. The molecule has 0 aliphatic carbocycles. The molecule has 0 spiro atoms. The first-order valence-corrected chi connectivity index (χ1v) is 8.42. The number of aromatic nitrogens is 5. The molecule has 132 valence electrons. The minimum Gasteiger partial charge on any atom is -0.481 e. The molecule has 0 bridgehead atoms. The van der Waals surface area contributed by atoms with E-state index in [0.29, 0.717) is 22.8 Å². The first-order valence-electron chi connectivity index (χ1n) is 8.42. The van der Waals surface area contributed by atoms with Crippen molar-refractivity contribution in [1.82, 2.24) is 29.9 Å². The van der Waals surface area contributed by atoms with E-state index < -0.39 is 0 Å². The molecule has 4 heterocycles. The highest BCUT2D eigenvalue weighted by Gasteiger charge is 2.07. The molecule has 25 heavy (non-hydrogen) atoms. The fraction of sp³-hybridized carbons (Fsp3) is 0.412. The van der Waals surface area contributed by atoms with Gasteiger partial charge in [0.1, 0.15) is 11.8 Å². The molecular weight excluding hydrogens is 320 g/mol. The third kappa shape index (κ3) is 4.42. The first kappa shape index (κ1) is 17.1. The first-order chi connectivity index (χ1) is 12.3. The number of nitrogens with one attached hydrogen (secondary N) is 2. The lowest BCUT2D eigenvalue weighted by Gasteiger charge is -2.03. The summed E-state index contributed by atoms with van der Waals surface area (Å²) >= 11 is 0. The summed E-state index contributed by atoms with van der Waals surface area (Å²) in [5.41, 5.74) is 1.38. The zero-order chi connectivity index (χ0) is 17.5. The molecule has 0 unspecified atom stereocenters. The summed E-state index contributed by atoms with van der Waals surface area (Å²) < 4.78 is 6.52. The quantitative estimate of drug-likeness (QED) is 0.735. The summed E-state index contributed by atoms with van der Waals surface area (Å²) in [6, 6.07) is 3.28. The van der Waals surface area contributed by atoms with Crippen LogP contribution < -0.4 is 15.6 Å². The highest BCUT2D eigenvalue weighted by atomic mass is 16.5. The van der Waals surface area contributed by atoms with Gasteiger partial charge in [-0.25, -0.2) is 14.5 Å². The van der Waals surface area contributed by atoms with Crippen LogP contribution in [-0.4, -0.2) is 44.8 Å². The molecular formula is C17H22N6O2. The fourth-order valence-corrected chi connectivity index (χ4v) is 2.64. The second-order valence-electron chi connectivity index (χ2n) is 5.77. The lowest BCUT2D eigenvalue weighted by atomic mass is 10.2. The van der Waals surface area contributed by atoms with E-state index >= 15 is 0 Å². The van der Waals surface area contributed by atoms with Crippen LogP contribution in [0, 0.1) is 0 Å². The summed E-state index contributed by atoms with van der Waals surface area (Å²) in [6.45, 7) is 2.50. The van der Waals surface area contributed by atoms with E-state index in [1.54, 1.807) is 24.5 Å². The molecule has 1 aliphatic heterocycles. The van der Waals surface area contributed by atoms with Gasteiger partial charge in [-0.15, -0.1) is 0 Å². The van der Waals surface area contributed by atoms with Gasteiger partial charge < -0.3 is 15.0 Å². The van der Waals surface area contributed by atoms with Gasteiger partial charge in [0.2, 0.25) is 5.88 Å². The number of rotatable bonds is 2. The Morgan fingerprint density at radius 3 is 2.72 bits per heavy atom. The van der Waals surface area contributed by atoms with Crippen molar-refractivity contribution >= 4 is 5.52 Å². The lowest BCUT2D eigenvalue weighted by molar-refractivity contribution is 0.397. The molecule has 8 heteroatoms. The normalized spacial score (nSPS) is 14.4. The summed E-state index contributed by atoms with van der Waals surface area (Å²) in [4.78, 5) is 22.5. The van der Waals surface area contributed by atoms with E-state index in [2.05, 4.69) is 25.4 Å². The third-order valence-corrected chi connectivity index (χ3v) is 3.99. The van der Waals surface area contributed by atoms with Crippen molar-refractivity contribution < 1.29 is 4.74 Å². The van der Waals surface area contributed by atoms with Gasteiger partial charge >= 0.3 is 0 Å². The van der Waals surface area contributed by atoms with Crippen molar-refractivity contribution in [1.29, 1.82) is 0 Å². The predicted octanol–water partition coefficient (Wildman–Crippen LogP) is 1.64. The number of methoxy groups -OCH3 is 1. The topological polar surface area (TPSA) is 97.2 Å². The highest BCUT2D eigenvalue weighted by Crippen LogP contribution is 2.16. The fourth-order valence-electron chi connectivity index (χ4n) is 2.64. The van der Waals surface area contributed by atoms with Crippen molar-refractivity contribution in [3.05, 3.63) is 41.2 Å². The number of H-pyrrole nitrogens is 1. The number of nitrogens with zero attached hydrogens (tertiary/aromatic N) is 4. The van der Waals surface area contributed by atoms with Gasteiger partial charge in [-0.05, 0) is 32.0 Å². The van der Waals surface area contributed by atoms with E-state index in [1.807, 2.05) is 0 Å². The van der Waals surface area contributed by atoms with Crippen LogP contribution in [0.1, 0.15) is 25.7 Å². The van der Waals surface area contributed by atoms with Crippen LogP contribution in [0.5, 0.6) is 5.88 Å². The van der Waals surface area contributed by atoms with Crippen molar-refractivity contribution in [2.75, 3.05) is 20.2 Å². The number of ether oxygens (including phenoxy) is 1. The molecule has 0 radical (unpaired) electrons. The van der Waals surface area contributed by atoms with Crippen LogP contribution in [0.25, 0.3) is 16.9 Å². The Morgan fingerprint density at radius 2 is 1.96 bits per heavy atom. The van der Waals surface area contributed by atoms with E-state index in [4.69, 9.17) is 4.74 Å². The predicted molar refractivity (Wildman–Crippen MR) is 94.7 cm³/mol. The van der Waals surface area contributed by atoms with Gasteiger partial charge in [-0.1, -0.05) is 12.8 Å². The average Bonchev–Trinajstić information content (AvgIpc) is 2.93. The molecule has 0 atom stereocenters. The Labute approximate surface area is 145 Å². The van der Waals surface area contributed by atoms with Gasteiger partial charge in [0, 0.05) is 6.07 Å². The minimum absolute atomic E-state index is 0.220. The number of hydrogen-bond acceptors (Lipinski definition) is 6. The van der Waals surface area contributed by atoms with Crippen LogP contribution in [0.3, 0.4) is 0 Å². The van der Waals surface area contributed by atoms with Crippen LogP contribution >= 0.6 is 0 Å². The number of aromatic amines is 1. The molecule has 0 amide bonds. The second-order valence-corrected chi connectivity index (χ2v) is 5.77. The van der Waals surface area contributed by atoms with Crippen LogP contribution in [0.4, 0.5) is 0 Å². The van der Waals surface area contributed by atoms with E-state index in [9.17, 15) is 4.79 Å². The maximum atomic E-state index is 11.8. The van der Waals surface area contributed by atoms with Gasteiger partial charge in [0.25, 0.3) is 5.56 Å². The Balaban J connectivity index is 0.000000219. The van der Waals surface area contributed by atoms with Crippen LogP contribution in [0.15, 0.2) is 35.6 Å². The molecule has 0 saturated carbocycles. The van der Waals surface area contributed by atoms with E-state index in [0.717, 1.165) is 0 Å². The molecule has 3 aromatic heterocycles. The summed E-state index contributed by atoms with van der Waals surface area (Å²) in [6.07, 6.45) is 10.3.